The van der Waals surface area contributed by atoms with Crippen molar-refractivity contribution in [3.05, 3.63) is 0 Å². The third-order valence-electron chi connectivity index (χ3n) is 2.77. The third-order valence-corrected chi connectivity index (χ3v) is 2.77. The monoisotopic (exact) mass is 188 g/mol. The highest BCUT2D eigenvalue weighted by atomic mass is 16.5. The largest absolute Gasteiger partial charge is 0.469 e. The molecule has 3 heteroatoms. The van der Waals surface area contributed by atoms with Crippen molar-refractivity contribution < 1.29 is 14.6 Å². The summed E-state index contributed by atoms with van der Waals surface area (Å²) < 4.78 is 4.65. The van der Waals surface area contributed by atoms with Gasteiger partial charge < -0.3 is 9.84 Å². The molecule has 1 N–H and O–H groups in total. The second-order valence-corrected chi connectivity index (χ2v) is 3.29. The molecule has 0 aliphatic carbocycles. The van der Waals surface area contributed by atoms with E-state index in [-0.39, 0.29) is 5.97 Å². The van der Waals surface area contributed by atoms with Crippen LogP contribution in [0.25, 0.3) is 0 Å². The van der Waals surface area contributed by atoms with Crippen LogP contribution in [0.4, 0.5) is 0 Å². The maximum Gasteiger partial charge on any atom is 0.311 e. The third kappa shape index (κ3) is 2.69. The van der Waals surface area contributed by atoms with Crippen molar-refractivity contribution >= 4 is 5.97 Å². The summed E-state index contributed by atoms with van der Waals surface area (Å²) in [5.74, 6) is -0.707. The predicted molar refractivity (Wildman–Crippen MR) is 51.3 cm³/mol. The summed E-state index contributed by atoms with van der Waals surface area (Å²) in [6.45, 7) is 5.65. The van der Waals surface area contributed by atoms with Gasteiger partial charge in [-0.05, 0) is 19.3 Å². The van der Waals surface area contributed by atoms with Gasteiger partial charge in [-0.2, -0.15) is 0 Å². The Labute approximate surface area is 80.1 Å². The number of aliphatic hydroxyl groups is 1. The number of esters is 1. The normalized spacial score (nSPS) is 13.9. The molecule has 3 nitrogen and oxygen atoms in total. The summed E-state index contributed by atoms with van der Waals surface area (Å²) in [5, 5.41) is 10.1. The first-order valence-corrected chi connectivity index (χ1v) is 4.85. The average molecular weight is 188 g/mol. The maximum absolute atomic E-state index is 11.3. The van der Waals surface area contributed by atoms with E-state index in [9.17, 15) is 9.90 Å². The summed E-state index contributed by atoms with van der Waals surface area (Å²) in [5.41, 5.74) is -0.901. The van der Waals surface area contributed by atoms with Gasteiger partial charge in [0.25, 0.3) is 0 Å². The highest BCUT2D eigenvalue weighted by molar-refractivity contribution is 5.73. The van der Waals surface area contributed by atoms with E-state index in [0.717, 1.165) is 0 Å². The van der Waals surface area contributed by atoms with Crippen LogP contribution in [0.5, 0.6) is 0 Å². The molecule has 0 aliphatic rings. The first-order valence-electron chi connectivity index (χ1n) is 4.85. The Hall–Kier alpha value is -0.570. The molecule has 0 saturated heterocycles. The van der Waals surface area contributed by atoms with E-state index in [2.05, 4.69) is 4.74 Å². The number of rotatable bonds is 5. The second-order valence-electron chi connectivity index (χ2n) is 3.29. The van der Waals surface area contributed by atoms with Crippen LogP contribution < -0.4 is 0 Å². The lowest BCUT2D eigenvalue weighted by Crippen LogP contribution is -2.41. The number of methoxy groups -OCH3 is 1. The molecule has 0 rings (SSSR count). The van der Waals surface area contributed by atoms with E-state index in [1.807, 2.05) is 20.8 Å². The van der Waals surface area contributed by atoms with Crippen molar-refractivity contribution in [2.24, 2.45) is 5.92 Å². The van der Waals surface area contributed by atoms with Gasteiger partial charge in [-0.15, -0.1) is 0 Å². The molecule has 0 spiro atoms. The van der Waals surface area contributed by atoms with Crippen molar-refractivity contribution in [2.45, 2.75) is 45.6 Å². The minimum atomic E-state index is -0.901. The zero-order chi connectivity index (χ0) is 10.5. The molecule has 0 saturated carbocycles. The first kappa shape index (κ1) is 12.4. The van der Waals surface area contributed by atoms with Gasteiger partial charge in [-0.1, -0.05) is 20.8 Å². The van der Waals surface area contributed by atoms with Gasteiger partial charge in [0.05, 0.1) is 18.6 Å². The number of hydrogen-bond acceptors (Lipinski definition) is 3. The minimum absolute atomic E-state index is 0.311. The molecule has 0 bridgehead atoms. The molecule has 13 heavy (non-hydrogen) atoms. The molecule has 0 aromatic rings. The van der Waals surface area contributed by atoms with Crippen molar-refractivity contribution in [1.29, 1.82) is 0 Å². The summed E-state index contributed by atoms with van der Waals surface area (Å²) in [7, 11) is 1.36. The zero-order valence-electron chi connectivity index (χ0n) is 8.96. The molecule has 0 amide bonds. The van der Waals surface area contributed by atoms with Crippen LogP contribution in [0.2, 0.25) is 0 Å². The molecule has 1 atom stereocenters. The number of carbonyl (C=O) groups is 1. The smallest absolute Gasteiger partial charge is 0.311 e. The number of hydrogen-bond donors (Lipinski definition) is 1. The van der Waals surface area contributed by atoms with E-state index in [1.54, 1.807) is 0 Å². The van der Waals surface area contributed by atoms with Crippen LogP contribution in [0.1, 0.15) is 40.0 Å². The van der Waals surface area contributed by atoms with Crippen LogP contribution in [-0.4, -0.2) is 23.8 Å². The molecule has 78 valence electrons. The molecule has 0 unspecified atom stereocenters. The average Bonchev–Trinajstić information content (AvgIpc) is 2.18. The maximum atomic E-state index is 11.3. The van der Waals surface area contributed by atoms with Crippen LogP contribution >= 0.6 is 0 Å². The Kier molecular flexibility index (Phi) is 4.99. The van der Waals surface area contributed by atoms with Gasteiger partial charge in [0, 0.05) is 0 Å². The molecule has 0 radical (unpaired) electrons. The lowest BCUT2D eigenvalue weighted by Gasteiger charge is -2.31. The Morgan fingerprint density at radius 2 is 1.85 bits per heavy atom. The van der Waals surface area contributed by atoms with E-state index < -0.39 is 11.5 Å². The predicted octanol–water partition coefficient (Wildman–Crippen LogP) is 1.74. The summed E-state index contributed by atoms with van der Waals surface area (Å²) in [4.78, 5) is 11.3. The Morgan fingerprint density at radius 1 is 1.38 bits per heavy atom. The standard InChI is InChI=1S/C10H20O3/c1-5-8(9(11)13-4)10(12,6-2)7-3/h8,12H,5-7H2,1-4H3/t8-/m0/s1. The molecule has 0 aliphatic heterocycles. The van der Waals surface area contributed by atoms with Gasteiger partial charge in [0.1, 0.15) is 0 Å². The van der Waals surface area contributed by atoms with Crippen molar-refractivity contribution in [3.63, 3.8) is 0 Å². The summed E-state index contributed by atoms with van der Waals surface area (Å²) in [6.07, 6.45) is 1.78. The van der Waals surface area contributed by atoms with Gasteiger partial charge in [-0.3, -0.25) is 4.79 Å². The van der Waals surface area contributed by atoms with Gasteiger partial charge in [-0.25, -0.2) is 0 Å². The highest BCUT2D eigenvalue weighted by Crippen LogP contribution is 2.28. The quantitative estimate of drug-likeness (QED) is 0.668. The number of ether oxygens (including phenoxy) is 1. The van der Waals surface area contributed by atoms with Crippen molar-refractivity contribution in [3.8, 4) is 0 Å². The SMILES string of the molecule is CC[C@@H](C(=O)OC)C(O)(CC)CC. The first-order chi connectivity index (χ1) is 6.05. The molecular formula is C10H20O3. The van der Waals surface area contributed by atoms with Crippen LogP contribution in [-0.2, 0) is 9.53 Å². The van der Waals surface area contributed by atoms with E-state index in [1.165, 1.54) is 7.11 Å². The fourth-order valence-electron chi connectivity index (χ4n) is 1.65. The highest BCUT2D eigenvalue weighted by Gasteiger charge is 2.37. The molecule has 0 heterocycles. The molecular weight excluding hydrogens is 168 g/mol. The topological polar surface area (TPSA) is 46.5 Å². The van der Waals surface area contributed by atoms with Crippen molar-refractivity contribution in [1.82, 2.24) is 0 Å². The molecule has 0 aromatic carbocycles. The van der Waals surface area contributed by atoms with E-state index in [4.69, 9.17) is 0 Å². The Bertz CT molecular complexity index is 162. The lowest BCUT2D eigenvalue weighted by atomic mass is 9.81. The van der Waals surface area contributed by atoms with Crippen molar-refractivity contribution in [2.75, 3.05) is 7.11 Å². The number of carbonyl (C=O) groups excluding carboxylic acids is 1. The summed E-state index contributed by atoms with van der Waals surface area (Å²) >= 11 is 0. The lowest BCUT2D eigenvalue weighted by molar-refractivity contribution is -0.156. The van der Waals surface area contributed by atoms with E-state index in [0.29, 0.717) is 19.3 Å². The van der Waals surface area contributed by atoms with Gasteiger partial charge >= 0.3 is 5.97 Å². The minimum Gasteiger partial charge on any atom is -0.469 e. The Morgan fingerprint density at radius 3 is 2.08 bits per heavy atom. The van der Waals surface area contributed by atoms with Gasteiger partial charge in [0.15, 0.2) is 0 Å². The molecule has 0 fully saturated rings. The molecule has 0 aromatic heterocycles. The summed E-state index contributed by atoms with van der Waals surface area (Å²) in [6, 6.07) is 0. The van der Waals surface area contributed by atoms with Crippen LogP contribution in [0, 0.1) is 5.92 Å². The van der Waals surface area contributed by atoms with E-state index >= 15 is 0 Å². The van der Waals surface area contributed by atoms with Crippen LogP contribution in [0.15, 0.2) is 0 Å². The second kappa shape index (κ2) is 5.22. The Balaban J connectivity index is 4.62. The fraction of sp³-hybridized carbons (Fsp3) is 0.900. The van der Waals surface area contributed by atoms with Gasteiger partial charge in [0.2, 0.25) is 0 Å². The van der Waals surface area contributed by atoms with Crippen LogP contribution in [0.3, 0.4) is 0 Å². The fourth-order valence-corrected chi connectivity index (χ4v) is 1.65. The zero-order valence-corrected chi connectivity index (χ0v) is 8.96.